The van der Waals surface area contributed by atoms with E-state index in [1.165, 1.54) is 12.1 Å². The number of β-amino-alcohol motifs (C(OH)–C–C–N with tert-alkyl or cyclic N) is 2. The second-order valence-corrected chi connectivity index (χ2v) is 5.05. The van der Waals surface area contributed by atoms with Crippen LogP contribution in [0.25, 0.3) is 0 Å². The number of likely N-dealkylation sites (tertiary alicyclic amines) is 1. The predicted octanol–water partition coefficient (Wildman–Crippen LogP) is 0.167. The molecular weight excluding hydrogens is 237 g/mol. The minimum atomic E-state index is -0.675. The van der Waals surface area contributed by atoms with Crippen LogP contribution in [0.4, 0.5) is 4.39 Å². The van der Waals surface area contributed by atoms with E-state index in [-0.39, 0.29) is 11.9 Å². The lowest BCUT2D eigenvalue weighted by molar-refractivity contribution is 0.0572. The maximum atomic E-state index is 13.1. The highest BCUT2D eigenvalue weighted by atomic mass is 19.1. The van der Waals surface area contributed by atoms with Crippen LogP contribution in [0.2, 0.25) is 0 Å². The molecule has 1 aromatic rings. The summed E-state index contributed by atoms with van der Waals surface area (Å²) in [6.45, 7) is 1.57. The Hall–Kier alpha value is -1.17. The summed E-state index contributed by atoms with van der Waals surface area (Å²) in [6.07, 6.45) is -0.702. The first kappa shape index (κ1) is 11.9. The van der Waals surface area contributed by atoms with E-state index in [9.17, 15) is 14.6 Å². The Morgan fingerprint density at radius 1 is 1.28 bits per heavy atom. The molecule has 1 fully saturated rings. The zero-order chi connectivity index (χ0) is 12.7. The summed E-state index contributed by atoms with van der Waals surface area (Å²) >= 11 is 0. The van der Waals surface area contributed by atoms with Gasteiger partial charge in [0.1, 0.15) is 17.7 Å². The van der Waals surface area contributed by atoms with E-state index < -0.39 is 12.2 Å². The fourth-order valence-electron chi connectivity index (χ4n) is 2.67. The number of hydrogen-bond donors (Lipinski definition) is 2. The average molecular weight is 253 g/mol. The molecule has 3 atom stereocenters. The van der Waals surface area contributed by atoms with E-state index >= 15 is 0 Å². The second kappa shape index (κ2) is 4.50. The van der Waals surface area contributed by atoms with E-state index in [0.29, 0.717) is 26.1 Å². The van der Waals surface area contributed by atoms with Crippen molar-refractivity contribution in [2.75, 3.05) is 19.6 Å². The standard InChI is InChI=1S/C13H16FNO3/c14-9-1-2-13-8(3-9)4-10(18-13)5-15-6-11(16)12(17)7-15/h1-3,10-12,16-17H,4-7H2/t10?,11-,12+. The number of rotatable bonds is 2. The highest BCUT2D eigenvalue weighted by Crippen LogP contribution is 2.30. The van der Waals surface area contributed by atoms with E-state index in [4.69, 9.17) is 4.74 Å². The van der Waals surface area contributed by atoms with Crippen LogP contribution >= 0.6 is 0 Å². The lowest BCUT2D eigenvalue weighted by Gasteiger charge is -2.19. The van der Waals surface area contributed by atoms with Crippen molar-refractivity contribution < 1.29 is 19.3 Å². The minimum absolute atomic E-state index is 0.0284. The van der Waals surface area contributed by atoms with Crippen LogP contribution in [0.1, 0.15) is 5.56 Å². The van der Waals surface area contributed by atoms with Gasteiger partial charge in [0.25, 0.3) is 0 Å². The summed E-state index contributed by atoms with van der Waals surface area (Å²) in [4.78, 5) is 1.97. The Morgan fingerprint density at radius 2 is 2.00 bits per heavy atom. The first-order chi connectivity index (χ1) is 8.61. The van der Waals surface area contributed by atoms with Crippen LogP contribution in [0, 0.1) is 5.82 Å². The van der Waals surface area contributed by atoms with Crippen molar-refractivity contribution in [2.45, 2.75) is 24.7 Å². The van der Waals surface area contributed by atoms with E-state index in [1.54, 1.807) is 6.07 Å². The molecular formula is C13H16FNO3. The Kier molecular flexibility index (Phi) is 2.97. The number of ether oxygens (including phenoxy) is 1. The second-order valence-electron chi connectivity index (χ2n) is 5.05. The van der Waals surface area contributed by atoms with Crippen LogP contribution in [0.5, 0.6) is 5.75 Å². The molecule has 1 unspecified atom stereocenters. The van der Waals surface area contributed by atoms with Crippen molar-refractivity contribution in [3.8, 4) is 5.75 Å². The summed E-state index contributed by atoms with van der Waals surface area (Å²) in [7, 11) is 0. The van der Waals surface area contributed by atoms with Crippen LogP contribution in [0.3, 0.4) is 0 Å². The highest BCUT2D eigenvalue weighted by molar-refractivity contribution is 5.37. The average Bonchev–Trinajstić information content (AvgIpc) is 2.82. The summed E-state index contributed by atoms with van der Waals surface area (Å²) in [5.41, 5.74) is 0.889. The predicted molar refractivity (Wildman–Crippen MR) is 63.0 cm³/mol. The molecule has 5 heteroatoms. The molecule has 1 saturated heterocycles. The van der Waals surface area contributed by atoms with Crippen molar-refractivity contribution in [3.63, 3.8) is 0 Å². The van der Waals surface area contributed by atoms with Crippen molar-refractivity contribution in [3.05, 3.63) is 29.6 Å². The number of aliphatic hydroxyl groups excluding tert-OH is 2. The molecule has 98 valence electrons. The van der Waals surface area contributed by atoms with Gasteiger partial charge in [0, 0.05) is 31.6 Å². The zero-order valence-electron chi connectivity index (χ0n) is 9.92. The van der Waals surface area contributed by atoms with Crippen molar-refractivity contribution in [1.29, 1.82) is 0 Å². The van der Waals surface area contributed by atoms with E-state index in [1.807, 2.05) is 4.90 Å². The molecule has 3 rings (SSSR count). The molecule has 0 spiro atoms. The summed E-state index contributed by atoms with van der Waals surface area (Å²) in [5.74, 6) is 0.492. The lowest BCUT2D eigenvalue weighted by atomic mass is 10.1. The van der Waals surface area contributed by atoms with E-state index in [0.717, 1.165) is 11.3 Å². The number of nitrogens with zero attached hydrogens (tertiary/aromatic N) is 1. The zero-order valence-corrected chi connectivity index (χ0v) is 9.92. The molecule has 4 nitrogen and oxygen atoms in total. The van der Waals surface area contributed by atoms with Gasteiger partial charge in [-0.2, -0.15) is 0 Å². The van der Waals surface area contributed by atoms with Gasteiger partial charge in [0.2, 0.25) is 0 Å². The number of hydrogen-bond acceptors (Lipinski definition) is 4. The van der Waals surface area contributed by atoms with Crippen molar-refractivity contribution in [1.82, 2.24) is 4.90 Å². The molecule has 0 aromatic heterocycles. The molecule has 0 bridgehead atoms. The van der Waals surface area contributed by atoms with Gasteiger partial charge in [0.15, 0.2) is 0 Å². The molecule has 2 aliphatic rings. The van der Waals surface area contributed by atoms with Gasteiger partial charge >= 0.3 is 0 Å². The Morgan fingerprint density at radius 3 is 2.72 bits per heavy atom. The number of aliphatic hydroxyl groups is 2. The van der Waals surface area contributed by atoms with Gasteiger partial charge in [-0.15, -0.1) is 0 Å². The monoisotopic (exact) mass is 253 g/mol. The Balaban J connectivity index is 1.61. The summed E-state index contributed by atoms with van der Waals surface area (Å²) in [5, 5.41) is 18.9. The van der Waals surface area contributed by atoms with E-state index in [2.05, 4.69) is 0 Å². The molecule has 0 saturated carbocycles. The Labute approximate surface area is 105 Å². The molecule has 18 heavy (non-hydrogen) atoms. The van der Waals surface area contributed by atoms with Gasteiger partial charge in [0.05, 0.1) is 12.2 Å². The van der Waals surface area contributed by atoms with Crippen molar-refractivity contribution in [2.24, 2.45) is 0 Å². The van der Waals surface area contributed by atoms with Crippen LogP contribution in [-0.2, 0) is 6.42 Å². The first-order valence-electron chi connectivity index (χ1n) is 6.15. The third-order valence-corrected chi connectivity index (χ3v) is 3.56. The molecule has 0 aliphatic carbocycles. The maximum absolute atomic E-state index is 13.1. The quantitative estimate of drug-likeness (QED) is 0.788. The molecule has 2 aliphatic heterocycles. The molecule has 1 aromatic carbocycles. The van der Waals surface area contributed by atoms with Gasteiger partial charge in [-0.1, -0.05) is 0 Å². The maximum Gasteiger partial charge on any atom is 0.123 e. The fraction of sp³-hybridized carbons (Fsp3) is 0.538. The molecule has 2 heterocycles. The largest absolute Gasteiger partial charge is 0.488 e. The van der Waals surface area contributed by atoms with Gasteiger partial charge in [-0.3, -0.25) is 4.90 Å². The van der Waals surface area contributed by atoms with Crippen LogP contribution in [0.15, 0.2) is 18.2 Å². The van der Waals surface area contributed by atoms with Crippen LogP contribution in [-0.4, -0.2) is 53.1 Å². The molecule has 2 N–H and O–H groups in total. The summed E-state index contributed by atoms with van der Waals surface area (Å²) < 4.78 is 18.8. The Bertz CT molecular complexity index is 444. The van der Waals surface area contributed by atoms with Gasteiger partial charge < -0.3 is 14.9 Å². The molecule has 0 radical (unpaired) electrons. The number of fused-ring (bicyclic) bond motifs is 1. The topological polar surface area (TPSA) is 52.9 Å². The lowest BCUT2D eigenvalue weighted by Crippen LogP contribution is -2.34. The first-order valence-corrected chi connectivity index (χ1v) is 6.15. The number of benzene rings is 1. The number of halogens is 1. The SMILES string of the molecule is O[C@@H]1CN(CC2Cc3cc(F)ccc3O2)C[C@@H]1O. The normalized spacial score (nSPS) is 31.4. The summed E-state index contributed by atoms with van der Waals surface area (Å²) in [6, 6.07) is 4.55. The van der Waals surface area contributed by atoms with Gasteiger partial charge in [-0.05, 0) is 18.2 Å². The van der Waals surface area contributed by atoms with Crippen molar-refractivity contribution >= 4 is 0 Å². The van der Waals surface area contributed by atoms with Gasteiger partial charge in [-0.25, -0.2) is 4.39 Å². The molecule has 0 amide bonds. The smallest absolute Gasteiger partial charge is 0.123 e. The third-order valence-electron chi connectivity index (χ3n) is 3.56. The minimum Gasteiger partial charge on any atom is -0.488 e. The third kappa shape index (κ3) is 2.21. The van der Waals surface area contributed by atoms with Crippen LogP contribution < -0.4 is 4.74 Å². The fourth-order valence-corrected chi connectivity index (χ4v) is 2.67. The highest BCUT2D eigenvalue weighted by Gasteiger charge is 2.33.